The van der Waals surface area contributed by atoms with E-state index in [0.717, 1.165) is 17.0 Å². The molecule has 0 aliphatic carbocycles. The lowest BCUT2D eigenvalue weighted by atomic mass is 10.1. The minimum atomic E-state index is 0.273. The van der Waals surface area contributed by atoms with E-state index in [1.807, 2.05) is 57.4 Å². The van der Waals surface area contributed by atoms with E-state index in [4.69, 9.17) is 11.2 Å². The second kappa shape index (κ2) is 7.18. The van der Waals surface area contributed by atoms with Crippen LogP contribution in [0.5, 0.6) is 5.75 Å². The zero-order valence-electron chi connectivity index (χ0n) is 11.1. The molecule has 0 saturated heterocycles. The number of para-hydroxylation sites is 1. The first kappa shape index (κ1) is 13.9. The maximum absolute atomic E-state index is 5.46. The van der Waals surface area contributed by atoms with E-state index in [2.05, 4.69) is 11.0 Å². The normalized spacial score (nSPS) is 11.3. The van der Waals surface area contributed by atoms with Gasteiger partial charge >= 0.3 is 0 Å². The van der Waals surface area contributed by atoms with Crippen molar-refractivity contribution in [1.29, 1.82) is 0 Å². The fourth-order valence-corrected chi connectivity index (χ4v) is 1.43. The summed E-state index contributed by atoms with van der Waals surface area (Å²) < 4.78 is 5.46. The standard InChI is InChI=1S/C15H18N2O/c1-5-12-18-15-9-7-6-8-14(15)11-10-13(2)16-17(3)4/h1,6-11H,12H2,2-4H3/b11-10+,16-13+. The summed E-state index contributed by atoms with van der Waals surface area (Å²) in [5, 5.41) is 6.04. The first-order valence-electron chi connectivity index (χ1n) is 5.69. The Kier molecular flexibility index (Phi) is 5.53. The van der Waals surface area contributed by atoms with Crippen LogP contribution in [0.3, 0.4) is 0 Å². The zero-order valence-corrected chi connectivity index (χ0v) is 11.1. The van der Waals surface area contributed by atoms with Crippen LogP contribution >= 0.6 is 0 Å². The number of benzene rings is 1. The molecule has 0 fully saturated rings. The van der Waals surface area contributed by atoms with Gasteiger partial charge in [0, 0.05) is 19.7 Å². The maximum Gasteiger partial charge on any atom is 0.148 e. The van der Waals surface area contributed by atoms with Crippen LogP contribution in [0.15, 0.2) is 35.4 Å². The van der Waals surface area contributed by atoms with E-state index >= 15 is 0 Å². The van der Waals surface area contributed by atoms with Gasteiger partial charge in [0.05, 0.1) is 5.71 Å². The molecule has 0 spiro atoms. The second-order valence-electron chi connectivity index (χ2n) is 3.95. The van der Waals surface area contributed by atoms with Crippen LogP contribution in [-0.4, -0.2) is 31.4 Å². The summed E-state index contributed by atoms with van der Waals surface area (Å²) in [5.74, 6) is 3.24. The van der Waals surface area contributed by atoms with Crippen LogP contribution in [-0.2, 0) is 0 Å². The van der Waals surface area contributed by atoms with Gasteiger partial charge in [-0.25, -0.2) is 0 Å². The zero-order chi connectivity index (χ0) is 13.4. The molecule has 1 aromatic carbocycles. The molecule has 3 nitrogen and oxygen atoms in total. The molecule has 0 amide bonds. The first-order valence-corrected chi connectivity index (χ1v) is 5.69. The molecule has 0 atom stereocenters. The Hall–Kier alpha value is -2.21. The van der Waals surface area contributed by atoms with Gasteiger partial charge in [0.15, 0.2) is 0 Å². The van der Waals surface area contributed by atoms with Gasteiger partial charge < -0.3 is 9.75 Å². The molecule has 0 bridgehead atoms. The monoisotopic (exact) mass is 242 g/mol. The smallest absolute Gasteiger partial charge is 0.148 e. The van der Waals surface area contributed by atoms with Crippen molar-refractivity contribution in [2.45, 2.75) is 6.92 Å². The minimum absolute atomic E-state index is 0.273. The maximum atomic E-state index is 5.46. The fourth-order valence-electron chi connectivity index (χ4n) is 1.43. The second-order valence-corrected chi connectivity index (χ2v) is 3.95. The lowest BCUT2D eigenvalue weighted by Gasteiger charge is -2.06. The van der Waals surface area contributed by atoms with Gasteiger partial charge in [-0.2, -0.15) is 5.10 Å². The van der Waals surface area contributed by atoms with Crippen molar-refractivity contribution in [2.24, 2.45) is 5.10 Å². The number of hydrogen-bond acceptors (Lipinski definition) is 3. The largest absolute Gasteiger partial charge is 0.480 e. The highest BCUT2D eigenvalue weighted by Gasteiger charge is 1.98. The Morgan fingerprint density at radius 3 is 2.83 bits per heavy atom. The molecule has 0 unspecified atom stereocenters. The lowest BCUT2D eigenvalue weighted by molar-refractivity contribution is 0.369. The van der Waals surface area contributed by atoms with E-state index in [-0.39, 0.29) is 6.61 Å². The predicted octanol–water partition coefficient (Wildman–Crippen LogP) is 2.65. The van der Waals surface area contributed by atoms with Crippen LogP contribution in [0.1, 0.15) is 12.5 Å². The van der Waals surface area contributed by atoms with Gasteiger partial charge in [0.25, 0.3) is 0 Å². The van der Waals surface area contributed by atoms with Crippen molar-refractivity contribution < 1.29 is 4.74 Å². The fraction of sp³-hybridized carbons (Fsp3) is 0.267. The van der Waals surface area contributed by atoms with Gasteiger partial charge in [0.2, 0.25) is 0 Å². The quantitative estimate of drug-likeness (QED) is 0.450. The number of terminal acetylenes is 1. The lowest BCUT2D eigenvalue weighted by Crippen LogP contribution is -2.04. The van der Waals surface area contributed by atoms with E-state index in [9.17, 15) is 0 Å². The number of hydrogen-bond donors (Lipinski definition) is 0. The van der Waals surface area contributed by atoms with Crippen molar-refractivity contribution in [3.8, 4) is 18.1 Å². The number of ether oxygens (including phenoxy) is 1. The van der Waals surface area contributed by atoms with E-state index in [1.54, 1.807) is 5.01 Å². The average Bonchev–Trinajstić information content (AvgIpc) is 2.34. The van der Waals surface area contributed by atoms with Crippen LogP contribution in [0.4, 0.5) is 0 Å². The molecule has 1 aromatic rings. The number of rotatable bonds is 5. The van der Waals surface area contributed by atoms with Gasteiger partial charge in [-0.05, 0) is 25.1 Å². The molecule has 3 heteroatoms. The summed E-state index contributed by atoms with van der Waals surface area (Å²) in [7, 11) is 3.78. The third kappa shape index (κ3) is 4.75. The SMILES string of the molecule is C#CCOc1ccccc1/C=C/C(C)=N/N(C)C. The van der Waals surface area contributed by atoms with Gasteiger partial charge in [-0.3, -0.25) is 0 Å². The van der Waals surface area contributed by atoms with Crippen molar-refractivity contribution >= 4 is 11.8 Å². The predicted molar refractivity (Wildman–Crippen MR) is 76.6 cm³/mol. The van der Waals surface area contributed by atoms with Crippen LogP contribution < -0.4 is 4.74 Å². The van der Waals surface area contributed by atoms with Gasteiger partial charge in [0.1, 0.15) is 12.4 Å². The van der Waals surface area contributed by atoms with Crippen LogP contribution in [0.2, 0.25) is 0 Å². The summed E-state index contributed by atoms with van der Waals surface area (Å²) in [5.41, 5.74) is 1.91. The molecule has 0 aliphatic heterocycles. The summed E-state index contributed by atoms with van der Waals surface area (Å²) in [6.07, 6.45) is 9.09. The Morgan fingerprint density at radius 2 is 2.17 bits per heavy atom. The molecular weight excluding hydrogens is 224 g/mol. The van der Waals surface area contributed by atoms with Crippen molar-refractivity contribution in [2.75, 3.05) is 20.7 Å². The highest BCUT2D eigenvalue weighted by molar-refractivity contribution is 5.96. The van der Waals surface area contributed by atoms with E-state index in [0.29, 0.717) is 0 Å². The Balaban J connectivity index is 2.84. The minimum Gasteiger partial charge on any atom is -0.480 e. The molecule has 94 valence electrons. The molecule has 18 heavy (non-hydrogen) atoms. The highest BCUT2D eigenvalue weighted by atomic mass is 16.5. The van der Waals surface area contributed by atoms with Crippen molar-refractivity contribution in [1.82, 2.24) is 5.01 Å². The van der Waals surface area contributed by atoms with Crippen LogP contribution in [0, 0.1) is 12.3 Å². The topological polar surface area (TPSA) is 24.8 Å². The summed E-state index contributed by atoms with van der Waals surface area (Å²) >= 11 is 0. The van der Waals surface area contributed by atoms with Gasteiger partial charge in [-0.15, -0.1) is 6.42 Å². The summed E-state index contributed by atoms with van der Waals surface area (Å²) in [6.45, 7) is 2.22. The third-order valence-electron chi connectivity index (χ3n) is 2.09. The molecule has 0 saturated carbocycles. The Morgan fingerprint density at radius 1 is 1.44 bits per heavy atom. The summed E-state index contributed by atoms with van der Waals surface area (Å²) in [4.78, 5) is 0. The molecule has 0 N–H and O–H groups in total. The van der Waals surface area contributed by atoms with E-state index < -0.39 is 0 Å². The number of hydrazone groups is 1. The number of allylic oxidation sites excluding steroid dienone is 1. The molecule has 1 rings (SSSR count). The molecule has 0 aliphatic rings. The Bertz CT molecular complexity index is 482. The Labute approximate surface area is 109 Å². The molecule has 0 radical (unpaired) electrons. The number of nitrogens with zero attached hydrogens (tertiary/aromatic N) is 2. The summed E-state index contributed by atoms with van der Waals surface area (Å²) in [6, 6.07) is 7.76. The molecule has 0 aromatic heterocycles. The van der Waals surface area contributed by atoms with Crippen LogP contribution in [0.25, 0.3) is 6.08 Å². The van der Waals surface area contributed by atoms with Gasteiger partial charge in [-0.1, -0.05) is 24.1 Å². The average molecular weight is 242 g/mol. The third-order valence-corrected chi connectivity index (χ3v) is 2.09. The molecule has 0 heterocycles. The van der Waals surface area contributed by atoms with Crippen molar-refractivity contribution in [3.05, 3.63) is 35.9 Å². The van der Waals surface area contributed by atoms with E-state index in [1.165, 1.54) is 0 Å². The first-order chi connectivity index (χ1) is 8.63. The highest BCUT2D eigenvalue weighted by Crippen LogP contribution is 2.19. The van der Waals surface area contributed by atoms with Crippen molar-refractivity contribution in [3.63, 3.8) is 0 Å². The molecular formula is C15H18N2O.